The molecule has 1 heterocycles. The van der Waals surface area contributed by atoms with E-state index in [9.17, 15) is 4.79 Å². The smallest absolute Gasteiger partial charge is 0.307 e. The Morgan fingerprint density at radius 1 is 1.15 bits per heavy atom. The summed E-state index contributed by atoms with van der Waals surface area (Å²) < 4.78 is 0. The number of imidazole rings is 1. The van der Waals surface area contributed by atoms with Crippen molar-refractivity contribution < 1.29 is 0 Å². The van der Waals surface area contributed by atoms with Crippen molar-refractivity contribution >= 4 is 11.0 Å². The van der Waals surface area contributed by atoms with E-state index in [-0.39, 0.29) is 5.69 Å². The Morgan fingerprint density at radius 3 is 2.55 bits per heavy atom. The van der Waals surface area contributed by atoms with E-state index in [1.54, 1.807) is 0 Å². The molecule has 0 aliphatic heterocycles. The summed E-state index contributed by atoms with van der Waals surface area (Å²) in [5.74, 6) is 1.67. The van der Waals surface area contributed by atoms with Crippen molar-refractivity contribution in [2.45, 2.75) is 45.7 Å². The van der Waals surface area contributed by atoms with Gasteiger partial charge in [0.1, 0.15) is 0 Å². The van der Waals surface area contributed by atoms with Gasteiger partial charge in [-0.15, -0.1) is 0 Å². The summed E-state index contributed by atoms with van der Waals surface area (Å²) in [7, 11) is 0. The number of nitrogens with one attached hydrogen (secondary N) is 3. The maximum absolute atomic E-state index is 11.3. The number of aromatic amines is 2. The minimum absolute atomic E-state index is 0.142. The van der Waals surface area contributed by atoms with Gasteiger partial charge in [-0.3, -0.25) is 0 Å². The van der Waals surface area contributed by atoms with E-state index >= 15 is 0 Å². The fraction of sp³-hybridized carbons (Fsp3) is 0.562. The van der Waals surface area contributed by atoms with Crippen LogP contribution in [-0.4, -0.2) is 16.0 Å². The normalized spacial score (nSPS) is 24.0. The Morgan fingerprint density at radius 2 is 1.85 bits per heavy atom. The topological polar surface area (TPSA) is 60.7 Å². The van der Waals surface area contributed by atoms with Gasteiger partial charge in [0.15, 0.2) is 0 Å². The quantitative estimate of drug-likeness (QED) is 0.802. The zero-order valence-electron chi connectivity index (χ0n) is 12.4. The molecule has 1 aromatic heterocycles. The Kier molecular flexibility index (Phi) is 3.42. The second-order valence-corrected chi connectivity index (χ2v) is 6.44. The van der Waals surface area contributed by atoms with E-state index in [1.807, 2.05) is 6.07 Å². The number of hydrogen-bond acceptors (Lipinski definition) is 2. The lowest BCUT2D eigenvalue weighted by atomic mass is 9.73. The van der Waals surface area contributed by atoms with Gasteiger partial charge in [0.05, 0.1) is 11.0 Å². The van der Waals surface area contributed by atoms with Crippen LogP contribution in [0, 0.1) is 11.8 Å². The predicted molar refractivity (Wildman–Crippen MR) is 81.8 cm³/mol. The third-order valence-corrected chi connectivity index (χ3v) is 4.64. The lowest BCUT2D eigenvalue weighted by Crippen LogP contribution is -2.43. The molecule has 1 atom stereocenters. The van der Waals surface area contributed by atoms with Gasteiger partial charge in [0, 0.05) is 12.1 Å². The number of H-pyrrole nitrogens is 2. The molecule has 1 fully saturated rings. The van der Waals surface area contributed by atoms with Gasteiger partial charge in [0.2, 0.25) is 0 Å². The molecule has 0 saturated heterocycles. The number of aromatic nitrogens is 2. The average Bonchev–Trinajstić information content (AvgIpc) is 2.71. The average molecular weight is 273 g/mol. The first-order valence-electron chi connectivity index (χ1n) is 7.51. The fourth-order valence-corrected chi connectivity index (χ4v) is 3.11. The number of fused-ring (bicyclic) bond motifs is 1. The van der Waals surface area contributed by atoms with Gasteiger partial charge in [-0.05, 0) is 49.3 Å². The van der Waals surface area contributed by atoms with Gasteiger partial charge < -0.3 is 15.3 Å². The molecule has 0 bridgehead atoms. The van der Waals surface area contributed by atoms with Crippen LogP contribution in [0.25, 0.3) is 11.0 Å². The highest BCUT2D eigenvalue weighted by atomic mass is 16.1. The van der Waals surface area contributed by atoms with E-state index in [0.717, 1.165) is 22.9 Å². The second kappa shape index (κ2) is 5.09. The Labute approximate surface area is 119 Å². The lowest BCUT2D eigenvalue weighted by Gasteiger charge is -2.40. The predicted octanol–water partition coefficient (Wildman–Crippen LogP) is 2.94. The minimum atomic E-state index is -0.142. The van der Waals surface area contributed by atoms with Crippen molar-refractivity contribution in [1.82, 2.24) is 15.3 Å². The first-order valence-corrected chi connectivity index (χ1v) is 7.51. The molecular weight excluding hydrogens is 250 g/mol. The highest BCUT2D eigenvalue weighted by Gasteiger charge is 2.31. The van der Waals surface area contributed by atoms with Crippen LogP contribution >= 0.6 is 0 Å². The SMILES string of the molecule is CC(NC1CC(C(C)C)C1)c1ccc2[nH]c(=O)[nH]c2c1. The Balaban J connectivity index is 1.67. The molecule has 1 aromatic carbocycles. The molecule has 0 amide bonds. The van der Waals surface area contributed by atoms with E-state index in [2.05, 4.69) is 48.2 Å². The number of hydrogen-bond donors (Lipinski definition) is 3. The Bertz CT molecular complexity index is 649. The largest absolute Gasteiger partial charge is 0.323 e. The highest BCUT2D eigenvalue weighted by molar-refractivity contribution is 5.75. The molecule has 1 aliphatic rings. The van der Waals surface area contributed by atoms with E-state index in [1.165, 1.54) is 18.4 Å². The van der Waals surface area contributed by atoms with Crippen LogP contribution < -0.4 is 11.0 Å². The van der Waals surface area contributed by atoms with Crippen LogP contribution in [0.15, 0.2) is 23.0 Å². The molecule has 20 heavy (non-hydrogen) atoms. The number of benzene rings is 1. The molecule has 108 valence electrons. The van der Waals surface area contributed by atoms with Crippen LogP contribution in [0.1, 0.15) is 45.2 Å². The van der Waals surface area contributed by atoms with Crippen molar-refractivity contribution in [2.75, 3.05) is 0 Å². The molecule has 1 saturated carbocycles. The summed E-state index contributed by atoms with van der Waals surface area (Å²) in [6.07, 6.45) is 2.57. The van der Waals surface area contributed by atoms with Gasteiger partial charge in [-0.25, -0.2) is 4.79 Å². The molecule has 0 radical (unpaired) electrons. The second-order valence-electron chi connectivity index (χ2n) is 6.44. The van der Waals surface area contributed by atoms with Crippen LogP contribution in [-0.2, 0) is 0 Å². The van der Waals surface area contributed by atoms with Crippen LogP contribution in [0.2, 0.25) is 0 Å². The maximum Gasteiger partial charge on any atom is 0.323 e. The van der Waals surface area contributed by atoms with Gasteiger partial charge in [0.25, 0.3) is 0 Å². The van der Waals surface area contributed by atoms with Gasteiger partial charge in [-0.2, -0.15) is 0 Å². The molecule has 4 heteroatoms. The summed E-state index contributed by atoms with van der Waals surface area (Å²) in [4.78, 5) is 16.9. The molecule has 2 aromatic rings. The van der Waals surface area contributed by atoms with Crippen LogP contribution in [0.3, 0.4) is 0 Å². The summed E-state index contributed by atoms with van der Waals surface area (Å²) >= 11 is 0. The molecule has 3 rings (SSSR count). The standard InChI is InChI=1S/C16H23N3O/c1-9(2)12-6-13(7-12)17-10(3)11-4-5-14-15(8-11)19-16(20)18-14/h4-5,8-10,12-13,17H,6-7H2,1-3H3,(H2,18,19,20). The zero-order chi connectivity index (χ0) is 14.3. The number of rotatable bonds is 4. The summed E-state index contributed by atoms with van der Waals surface area (Å²) in [5, 5.41) is 3.69. The first-order chi connectivity index (χ1) is 9.52. The van der Waals surface area contributed by atoms with Gasteiger partial charge >= 0.3 is 5.69 Å². The summed E-state index contributed by atoms with van der Waals surface area (Å²) in [6.45, 7) is 6.80. The molecule has 1 aliphatic carbocycles. The molecule has 1 unspecified atom stereocenters. The van der Waals surface area contributed by atoms with Crippen molar-refractivity contribution in [2.24, 2.45) is 11.8 Å². The monoisotopic (exact) mass is 273 g/mol. The third-order valence-electron chi connectivity index (χ3n) is 4.64. The van der Waals surface area contributed by atoms with E-state index < -0.39 is 0 Å². The molecule has 3 N–H and O–H groups in total. The molecular formula is C16H23N3O. The minimum Gasteiger partial charge on any atom is -0.307 e. The summed E-state index contributed by atoms with van der Waals surface area (Å²) in [5.41, 5.74) is 2.83. The Hall–Kier alpha value is -1.55. The van der Waals surface area contributed by atoms with Gasteiger partial charge in [-0.1, -0.05) is 19.9 Å². The van der Waals surface area contributed by atoms with Crippen molar-refractivity contribution in [3.05, 3.63) is 34.2 Å². The molecule has 4 nitrogen and oxygen atoms in total. The van der Waals surface area contributed by atoms with E-state index in [4.69, 9.17) is 0 Å². The van der Waals surface area contributed by atoms with Crippen LogP contribution in [0.4, 0.5) is 0 Å². The lowest BCUT2D eigenvalue weighted by molar-refractivity contribution is 0.159. The van der Waals surface area contributed by atoms with Crippen molar-refractivity contribution in [3.8, 4) is 0 Å². The first kappa shape index (κ1) is 13.4. The highest BCUT2D eigenvalue weighted by Crippen LogP contribution is 2.34. The van der Waals surface area contributed by atoms with E-state index in [0.29, 0.717) is 12.1 Å². The van der Waals surface area contributed by atoms with Crippen LogP contribution in [0.5, 0.6) is 0 Å². The van der Waals surface area contributed by atoms with Crippen molar-refractivity contribution in [3.63, 3.8) is 0 Å². The van der Waals surface area contributed by atoms with Crippen molar-refractivity contribution in [1.29, 1.82) is 0 Å². The maximum atomic E-state index is 11.3. The summed E-state index contributed by atoms with van der Waals surface area (Å²) in [6, 6.07) is 7.07. The zero-order valence-corrected chi connectivity index (χ0v) is 12.4. The third kappa shape index (κ3) is 2.52. The molecule has 0 spiro atoms. The fourth-order valence-electron chi connectivity index (χ4n) is 3.11.